The maximum atomic E-state index is 12.4. The van der Waals surface area contributed by atoms with E-state index in [0.29, 0.717) is 0 Å². The number of ether oxygens (including phenoxy) is 1. The van der Waals surface area contributed by atoms with Crippen LogP contribution >= 0.6 is 0 Å². The SMILES string of the molecule is CCC1OCCC1C(=O)c1ccccc1C. The molecule has 0 bridgehead atoms. The Labute approximate surface area is 96.6 Å². The second-order valence-electron chi connectivity index (χ2n) is 4.39. The van der Waals surface area contributed by atoms with Gasteiger partial charge in [-0.25, -0.2) is 0 Å². The molecule has 1 fully saturated rings. The number of Topliss-reactive ketones (excluding diaryl/α,β-unsaturated/α-hetero) is 1. The molecule has 0 saturated carbocycles. The first-order chi connectivity index (χ1) is 7.74. The average molecular weight is 218 g/mol. The Bertz CT molecular complexity index is 384. The van der Waals surface area contributed by atoms with Crippen LogP contribution < -0.4 is 0 Å². The van der Waals surface area contributed by atoms with Gasteiger partial charge in [0.05, 0.1) is 12.0 Å². The summed E-state index contributed by atoms with van der Waals surface area (Å²) in [4.78, 5) is 12.4. The Morgan fingerprint density at radius 1 is 1.44 bits per heavy atom. The third-order valence-corrected chi connectivity index (χ3v) is 3.36. The molecule has 1 aliphatic rings. The summed E-state index contributed by atoms with van der Waals surface area (Å²) < 4.78 is 5.58. The second kappa shape index (κ2) is 4.79. The van der Waals surface area contributed by atoms with E-state index >= 15 is 0 Å². The fourth-order valence-corrected chi connectivity index (χ4v) is 2.40. The fraction of sp³-hybridized carbons (Fsp3) is 0.500. The third-order valence-electron chi connectivity index (χ3n) is 3.36. The first kappa shape index (κ1) is 11.3. The molecule has 0 amide bonds. The number of rotatable bonds is 3. The van der Waals surface area contributed by atoms with Crippen molar-refractivity contribution in [1.29, 1.82) is 0 Å². The van der Waals surface area contributed by atoms with Gasteiger partial charge in [0.25, 0.3) is 0 Å². The van der Waals surface area contributed by atoms with Gasteiger partial charge in [0.1, 0.15) is 0 Å². The molecule has 2 atom stereocenters. The van der Waals surface area contributed by atoms with Gasteiger partial charge in [-0.15, -0.1) is 0 Å². The lowest BCUT2D eigenvalue weighted by Crippen LogP contribution is -2.24. The lowest BCUT2D eigenvalue weighted by atomic mass is 9.89. The van der Waals surface area contributed by atoms with Gasteiger partial charge in [0.15, 0.2) is 5.78 Å². The average Bonchev–Trinajstić information content (AvgIpc) is 2.77. The van der Waals surface area contributed by atoms with Crippen LogP contribution in [0.25, 0.3) is 0 Å². The molecule has 0 radical (unpaired) electrons. The lowest BCUT2D eigenvalue weighted by Gasteiger charge is -2.16. The Hall–Kier alpha value is -1.15. The monoisotopic (exact) mass is 218 g/mol. The Balaban J connectivity index is 2.22. The van der Waals surface area contributed by atoms with Gasteiger partial charge >= 0.3 is 0 Å². The van der Waals surface area contributed by atoms with Crippen molar-refractivity contribution in [3.05, 3.63) is 35.4 Å². The van der Waals surface area contributed by atoms with E-state index in [4.69, 9.17) is 4.74 Å². The van der Waals surface area contributed by atoms with Crippen LogP contribution in [0.4, 0.5) is 0 Å². The molecule has 1 aromatic rings. The van der Waals surface area contributed by atoms with Crippen LogP contribution in [0.3, 0.4) is 0 Å². The van der Waals surface area contributed by atoms with E-state index < -0.39 is 0 Å². The van der Waals surface area contributed by atoms with Gasteiger partial charge in [-0.2, -0.15) is 0 Å². The van der Waals surface area contributed by atoms with Gasteiger partial charge in [-0.1, -0.05) is 31.2 Å². The number of aryl methyl sites for hydroxylation is 1. The van der Waals surface area contributed by atoms with Crippen molar-refractivity contribution in [3.8, 4) is 0 Å². The summed E-state index contributed by atoms with van der Waals surface area (Å²) in [5.74, 6) is 0.313. The maximum Gasteiger partial charge on any atom is 0.168 e. The molecular weight excluding hydrogens is 200 g/mol. The highest BCUT2D eigenvalue weighted by molar-refractivity contribution is 5.99. The summed E-state index contributed by atoms with van der Waals surface area (Å²) in [6.07, 6.45) is 1.90. The van der Waals surface area contributed by atoms with Crippen molar-refractivity contribution < 1.29 is 9.53 Å². The summed E-state index contributed by atoms with van der Waals surface area (Å²) in [6, 6.07) is 7.80. The zero-order valence-electron chi connectivity index (χ0n) is 9.90. The predicted octanol–water partition coefficient (Wildman–Crippen LogP) is 2.99. The molecule has 1 aromatic carbocycles. The van der Waals surface area contributed by atoms with Gasteiger partial charge in [-0.3, -0.25) is 4.79 Å². The van der Waals surface area contributed by atoms with Crippen LogP contribution in [-0.4, -0.2) is 18.5 Å². The summed E-state index contributed by atoms with van der Waals surface area (Å²) in [7, 11) is 0. The number of carbonyl (C=O) groups excluding carboxylic acids is 1. The minimum atomic E-state index is 0.0612. The Morgan fingerprint density at radius 3 is 2.88 bits per heavy atom. The quantitative estimate of drug-likeness (QED) is 0.729. The first-order valence-electron chi connectivity index (χ1n) is 5.95. The molecule has 1 saturated heterocycles. The van der Waals surface area contributed by atoms with Gasteiger partial charge in [0, 0.05) is 12.2 Å². The highest BCUT2D eigenvalue weighted by Gasteiger charge is 2.33. The molecule has 0 aliphatic carbocycles. The van der Waals surface area contributed by atoms with E-state index in [1.807, 2.05) is 31.2 Å². The Morgan fingerprint density at radius 2 is 2.19 bits per heavy atom. The molecular formula is C14H18O2. The molecule has 86 valence electrons. The van der Waals surface area contributed by atoms with Crippen molar-refractivity contribution in [2.45, 2.75) is 32.8 Å². The van der Waals surface area contributed by atoms with E-state index in [2.05, 4.69) is 6.92 Å². The van der Waals surface area contributed by atoms with E-state index in [1.54, 1.807) is 0 Å². The minimum Gasteiger partial charge on any atom is -0.377 e. The zero-order valence-corrected chi connectivity index (χ0v) is 9.90. The van der Waals surface area contributed by atoms with E-state index in [1.165, 1.54) is 0 Å². The van der Waals surface area contributed by atoms with Crippen LogP contribution in [-0.2, 0) is 4.74 Å². The van der Waals surface area contributed by atoms with Crippen LogP contribution in [0.15, 0.2) is 24.3 Å². The van der Waals surface area contributed by atoms with E-state index in [0.717, 1.165) is 30.6 Å². The molecule has 2 unspecified atom stereocenters. The zero-order chi connectivity index (χ0) is 11.5. The van der Waals surface area contributed by atoms with Crippen LogP contribution in [0.1, 0.15) is 35.7 Å². The molecule has 1 heterocycles. The normalized spacial score (nSPS) is 24.6. The smallest absolute Gasteiger partial charge is 0.168 e. The molecule has 0 aromatic heterocycles. The van der Waals surface area contributed by atoms with Gasteiger partial charge in [0.2, 0.25) is 0 Å². The van der Waals surface area contributed by atoms with Crippen molar-refractivity contribution >= 4 is 5.78 Å². The molecule has 2 heteroatoms. The number of hydrogen-bond acceptors (Lipinski definition) is 2. The summed E-state index contributed by atoms with van der Waals surface area (Å²) in [5.41, 5.74) is 1.92. The van der Waals surface area contributed by atoms with Crippen molar-refractivity contribution in [1.82, 2.24) is 0 Å². The van der Waals surface area contributed by atoms with Crippen LogP contribution in [0, 0.1) is 12.8 Å². The number of benzene rings is 1. The van der Waals surface area contributed by atoms with E-state index in [9.17, 15) is 4.79 Å². The molecule has 0 N–H and O–H groups in total. The summed E-state index contributed by atoms with van der Waals surface area (Å²) >= 11 is 0. The third kappa shape index (κ3) is 2.03. The first-order valence-corrected chi connectivity index (χ1v) is 5.95. The van der Waals surface area contributed by atoms with Gasteiger partial charge < -0.3 is 4.74 Å². The fourth-order valence-electron chi connectivity index (χ4n) is 2.40. The molecule has 2 rings (SSSR count). The lowest BCUT2D eigenvalue weighted by molar-refractivity contribution is 0.0688. The highest BCUT2D eigenvalue weighted by atomic mass is 16.5. The van der Waals surface area contributed by atoms with Crippen molar-refractivity contribution in [2.75, 3.05) is 6.61 Å². The topological polar surface area (TPSA) is 26.3 Å². The molecule has 0 spiro atoms. The van der Waals surface area contributed by atoms with Crippen LogP contribution in [0.5, 0.6) is 0 Å². The van der Waals surface area contributed by atoms with Crippen molar-refractivity contribution in [3.63, 3.8) is 0 Å². The number of hydrogen-bond donors (Lipinski definition) is 0. The number of ketones is 1. The predicted molar refractivity (Wildman–Crippen MR) is 63.6 cm³/mol. The molecule has 16 heavy (non-hydrogen) atoms. The second-order valence-corrected chi connectivity index (χ2v) is 4.39. The Kier molecular flexibility index (Phi) is 3.39. The minimum absolute atomic E-state index is 0.0612. The van der Waals surface area contributed by atoms with Gasteiger partial charge in [-0.05, 0) is 25.3 Å². The maximum absolute atomic E-state index is 12.4. The van der Waals surface area contributed by atoms with E-state index in [-0.39, 0.29) is 17.8 Å². The largest absolute Gasteiger partial charge is 0.377 e. The van der Waals surface area contributed by atoms with Crippen molar-refractivity contribution in [2.24, 2.45) is 5.92 Å². The molecule has 1 aliphatic heterocycles. The number of carbonyl (C=O) groups is 1. The standard InChI is InChI=1S/C14H18O2/c1-3-13-12(8-9-16-13)14(15)11-7-5-4-6-10(11)2/h4-7,12-13H,3,8-9H2,1-2H3. The summed E-state index contributed by atoms with van der Waals surface area (Å²) in [5, 5.41) is 0. The van der Waals surface area contributed by atoms with Crippen LogP contribution in [0.2, 0.25) is 0 Å². The highest BCUT2D eigenvalue weighted by Crippen LogP contribution is 2.27. The molecule has 2 nitrogen and oxygen atoms in total. The summed E-state index contributed by atoms with van der Waals surface area (Å²) in [6.45, 7) is 4.79.